The number of rotatable bonds is 8. The summed E-state index contributed by atoms with van der Waals surface area (Å²) in [5.74, 6) is -0.306. The number of carbonyl (C=O) groups excluding carboxylic acids is 1. The van der Waals surface area contributed by atoms with Crippen LogP contribution in [0.2, 0.25) is 5.02 Å². The third kappa shape index (κ3) is 5.70. The standard InChI is InChI=1S/C30H28ClN7O4S/c31-21-1-3-25(37-18-33-34-35-37)23(16-21)19-13-22-2-4-26(38(22)29(39)15-19)24-14-20(17-32-24)27-5-6-28(43-27)30(40)42-12-9-36-7-10-41-11-8-36/h1,3,5-6,13,15-18,26H,2,4,7-12,14H2/t26-/m0/s1. The molecule has 1 saturated heterocycles. The number of thiophene rings is 1. The molecular weight excluding hydrogens is 590 g/mol. The molecule has 3 aromatic heterocycles. The summed E-state index contributed by atoms with van der Waals surface area (Å²) >= 11 is 7.75. The number of aliphatic imine (C=N–C) groups is 1. The van der Waals surface area contributed by atoms with E-state index < -0.39 is 0 Å². The maximum atomic E-state index is 13.5. The predicted octanol–water partition coefficient (Wildman–Crippen LogP) is 4.07. The molecular formula is C30H28ClN7O4S. The largest absolute Gasteiger partial charge is 0.460 e. The highest BCUT2D eigenvalue weighted by Crippen LogP contribution is 2.37. The second kappa shape index (κ2) is 12.0. The molecule has 0 aliphatic carbocycles. The van der Waals surface area contributed by atoms with Gasteiger partial charge in [0, 0.05) is 65.2 Å². The number of tetrazole rings is 1. The fourth-order valence-electron chi connectivity index (χ4n) is 5.86. The number of hydrogen-bond acceptors (Lipinski definition) is 10. The van der Waals surface area contributed by atoms with Gasteiger partial charge in [0.2, 0.25) is 0 Å². The molecule has 0 spiro atoms. The lowest BCUT2D eigenvalue weighted by atomic mass is 10.0. The fourth-order valence-corrected chi connectivity index (χ4v) is 6.94. The van der Waals surface area contributed by atoms with Gasteiger partial charge >= 0.3 is 5.97 Å². The quantitative estimate of drug-likeness (QED) is 0.272. The van der Waals surface area contributed by atoms with Gasteiger partial charge in [-0.15, -0.1) is 16.4 Å². The molecule has 220 valence electrons. The average Bonchev–Trinajstić information content (AvgIpc) is 3.84. The maximum Gasteiger partial charge on any atom is 0.348 e. The Hall–Kier alpha value is -3.97. The molecule has 0 N–H and O–H groups in total. The number of benzene rings is 1. The molecule has 3 aliphatic heterocycles. The average molecular weight is 618 g/mol. The normalized spacial score (nSPS) is 18.4. The highest BCUT2D eigenvalue weighted by Gasteiger charge is 2.31. The fraction of sp³-hybridized carbons (Fsp3) is 0.333. The first kappa shape index (κ1) is 27.8. The number of hydrogen-bond donors (Lipinski definition) is 0. The number of allylic oxidation sites excluding steroid dienone is 1. The lowest BCUT2D eigenvalue weighted by Gasteiger charge is -2.26. The van der Waals surface area contributed by atoms with E-state index in [0.29, 0.717) is 29.5 Å². The Balaban J connectivity index is 1.03. The van der Waals surface area contributed by atoms with Crippen LogP contribution >= 0.6 is 22.9 Å². The summed E-state index contributed by atoms with van der Waals surface area (Å²) in [4.78, 5) is 34.7. The van der Waals surface area contributed by atoms with Crippen molar-refractivity contribution in [2.45, 2.75) is 25.3 Å². The van der Waals surface area contributed by atoms with Crippen molar-refractivity contribution < 1.29 is 14.3 Å². The first-order valence-electron chi connectivity index (χ1n) is 14.2. The van der Waals surface area contributed by atoms with Gasteiger partial charge in [0.1, 0.15) is 17.8 Å². The molecule has 1 fully saturated rings. The zero-order valence-electron chi connectivity index (χ0n) is 23.2. The lowest BCUT2D eigenvalue weighted by Crippen LogP contribution is -2.38. The van der Waals surface area contributed by atoms with Gasteiger partial charge in [0.15, 0.2) is 0 Å². The predicted molar refractivity (Wildman–Crippen MR) is 163 cm³/mol. The molecule has 43 heavy (non-hydrogen) atoms. The van der Waals surface area contributed by atoms with Gasteiger partial charge in [-0.05, 0) is 70.8 Å². The van der Waals surface area contributed by atoms with Crippen molar-refractivity contribution in [3.8, 4) is 16.8 Å². The van der Waals surface area contributed by atoms with E-state index in [0.717, 1.165) is 77.8 Å². The third-order valence-electron chi connectivity index (χ3n) is 8.01. The first-order valence-corrected chi connectivity index (χ1v) is 15.3. The van der Waals surface area contributed by atoms with Crippen LogP contribution < -0.4 is 5.56 Å². The van der Waals surface area contributed by atoms with Crippen LogP contribution in [0, 0.1) is 0 Å². The van der Waals surface area contributed by atoms with Crippen LogP contribution in [-0.4, -0.2) is 80.8 Å². The number of carbonyl (C=O) groups is 1. The van der Waals surface area contributed by atoms with Crippen molar-refractivity contribution in [3.05, 3.63) is 85.8 Å². The van der Waals surface area contributed by atoms with Gasteiger partial charge in [-0.25, -0.2) is 4.79 Å². The van der Waals surface area contributed by atoms with Gasteiger partial charge in [0.25, 0.3) is 5.56 Å². The number of ether oxygens (including phenoxy) is 2. The van der Waals surface area contributed by atoms with Crippen molar-refractivity contribution in [1.82, 2.24) is 29.7 Å². The van der Waals surface area contributed by atoms with Crippen LogP contribution in [0.3, 0.4) is 0 Å². The zero-order valence-corrected chi connectivity index (χ0v) is 24.8. The maximum absolute atomic E-state index is 13.5. The molecule has 0 radical (unpaired) electrons. The number of aryl methyl sites for hydroxylation is 1. The number of morpholine rings is 1. The summed E-state index contributed by atoms with van der Waals surface area (Å²) in [5.41, 5.74) is 5.12. The second-order valence-electron chi connectivity index (χ2n) is 10.6. The van der Waals surface area contributed by atoms with Crippen LogP contribution in [0.1, 0.15) is 39.1 Å². The topological polar surface area (TPSA) is 117 Å². The summed E-state index contributed by atoms with van der Waals surface area (Å²) in [7, 11) is 0. The van der Waals surface area contributed by atoms with E-state index in [1.165, 1.54) is 17.7 Å². The van der Waals surface area contributed by atoms with E-state index in [1.54, 1.807) is 16.8 Å². The van der Waals surface area contributed by atoms with E-state index in [9.17, 15) is 9.59 Å². The monoisotopic (exact) mass is 617 g/mol. The number of pyridine rings is 1. The van der Waals surface area contributed by atoms with Crippen LogP contribution in [-0.2, 0) is 15.9 Å². The van der Waals surface area contributed by atoms with E-state index in [4.69, 9.17) is 26.1 Å². The minimum absolute atomic E-state index is 0.0907. The minimum atomic E-state index is -0.306. The van der Waals surface area contributed by atoms with E-state index in [2.05, 4.69) is 20.4 Å². The molecule has 0 bridgehead atoms. The lowest BCUT2D eigenvalue weighted by molar-refractivity contribution is 0.0197. The van der Waals surface area contributed by atoms with Gasteiger partial charge in [0.05, 0.1) is 24.9 Å². The molecule has 11 nitrogen and oxygen atoms in total. The molecule has 1 atom stereocenters. The summed E-state index contributed by atoms with van der Waals surface area (Å²) in [6, 6.07) is 12.8. The Labute approximate surface area is 256 Å². The highest BCUT2D eigenvalue weighted by atomic mass is 35.5. The molecule has 4 aromatic rings. The van der Waals surface area contributed by atoms with Crippen molar-refractivity contribution in [2.24, 2.45) is 4.99 Å². The summed E-state index contributed by atoms with van der Waals surface area (Å²) in [5, 5.41) is 12.0. The van der Waals surface area contributed by atoms with Crippen LogP contribution in [0.4, 0.5) is 0 Å². The number of fused-ring (bicyclic) bond motifs is 1. The van der Waals surface area contributed by atoms with Gasteiger partial charge in [-0.2, -0.15) is 4.68 Å². The Bertz CT molecular complexity index is 1790. The van der Waals surface area contributed by atoms with Gasteiger partial charge in [-0.1, -0.05) is 11.6 Å². The summed E-state index contributed by atoms with van der Waals surface area (Å²) in [6.07, 6.45) is 5.54. The number of aromatic nitrogens is 5. The first-order chi connectivity index (χ1) is 21.0. The molecule has 0 amide bonds. The molecule has 7 rings (SSSR count). The van der Waals surface area contributed by atoms with Crippen molar-refractivity contribution in [2.75, 3.05) is 39.5 Å². The molecule has 0 saturated carbocycles. The van der Waals surface area contributed by atoms with Crippen LogP contribution in [0.25, 0.3) is 22.4 Å². The third-order valence-corrected chi connectivity index (χ3v) is 9.39. The molecule has 0 unspecified atom stereocenters. The molecule has 1 aromatic carbocycles. The Morgan fingerprint density at radius 1 is 1.14 bits per heavy atom. The van der Waals surface area contributed by atoms with Crippen molar-refractivity contribution >= 4 is 40.2 Å². The molecule has 3 aliphatic rings. The van der Waals surface area contributed by atoms with Gasteiger partial charge < -0.3 is 14.0 Å². The highest BCUT2D eigenvalue weighted by molar-refractivity contribution is 7.15. The van der Waals surface area contributed by atoms with Crippen LogP contribution in [0.5, 0.6) is 0 Å². The molecule has 6 heterocycles. The molecule has 13 heteroatoms. The second-order valence-corrected chi connectivity index (χ2v) is 12.1. The van der Waals surface area contributed by atoms with E-state index >= 15 is 0 Å². The van der Waals surface area contributed by atoms with Crippen LogP contribution in [0.15, 0.2) is 64.8 Å². The SMILES string of the molecule is O=C(OCCN1CCOCC1)c1ccc(C2=CN=C([C@@H]3CCc4cc(-c5cc(Cl)ccc5-n5cnnn5)cc(=O)n43)C2)s1. The number of nitrogens with zero attached hydrogens (tertiary/aromatic N) is 7. The van der Waals surface area contributed by atoms with Crippen molar-refractivity contribution in [3.63, 3.8) is 0 Å². The Kier molecular flexibility index (Phi) is 7.74. The Morgan fingerprint density at radius 3 is 2.86 bits per heavy atom. The summed E-state index contributed by atoms with van der Waals surface area (Å²) < 4.78 is 14.3. The smallest absolute Gasteiger partial charge is 0.348 e. The Morgan fingerprint density at radius 2 is 2.02 bits per heavy atom. The zero-order chi connectivity index (χ0) is 29.3. The minimum Gasteiger partial charge on any atom is -0.460 e. The van der Waals surface area contributed by atoms with E-state index in [1.807, 2.05) is 41.1 Å². The van der Waals surface area contributed by atoms with Gasteiger partial charge in [-0.3, -0.25) is 14.7 Å². The number of esters is 1. The summed E-state index contributed by atoms with van der Waals surface area (Å²) in [6.45, 7) is 4.23. The number of halogens is 1. The van der Waals surface area contributed by atoms with Crippen molar-refractivity contribution in [1.29, 1.82) is 0 Å². The van der Waals surface area contributed by atoms with E-state index in [-0.39, 0.29) is 17.6 Å².